The number of fused-ring (bicyclic) bond motifs is 1. The van der Waals surface area contributed by atoms with Gasteiger partial charge < -0.3 is 16.0 Å². The first-order chi connectivity index (χ1) is 11.5. The lowest BCUT2D eigenvalue weighted by molar-refractivity contribution is -0.129. The highest BCUT2D eigenvalue weighted by molar-refractivity contribution is 6.35. The summed E-state index contributed by atoms with van der Waals surface area (Å²) >= 11 is 6.29. The molecule has 24 heavy (non-hydrogen) atoms. The van der Waals surface area contributed by atoms with Gasteiger partial charge in [0.2, 0.25) is 5.91 Å². The standard InChI is InChI=1S/C18H23ClN4O/c1-11(20)15-10-13-4-3-5-16(19)17(13)22-18(15)21-14-6-8-23(9-7-14)12(2)24/h3-5,10-11,14H,6-9,20H2,1-2H3,(H,21,22)/t11-/m0/s1. The van der Waals surface area contributed by atoms with Crippen molar-refractivity contribution in [2.45, 2.75) is 38.8 Å². The van der Waals surface area contributed by atoms with Crippen molar-refractivity contribution in [1.82, 2.24) is 9.88 Å². The first-order valence-electron chi connectivity index (χ1n) is 8.32. The number of pyridine rings is 1. The lowest BCUT2D eigenvalue weighted by Crippen LogP contribution is -2.41. The van der Waals surface area contributed by atoms with E-state index in [1.165, 1.54) is 0 Å². The fraction of sp³-hybridized carbons (Fsp3) is 0.444. The van der Waals surface area contributed by atoms with Crippen molar-refractivity contribution in [3.63, 3.8) is 0 Å². The molecule has 0 unspecified atom stereocenters. The molecule has 5 nitrogen and oxygen atoms in total. The van der Waals surface area contributed by atoms with Crippen molar-refractivity contribution in [3.8, 4) is 0 Å². The van der Waals surface area contributed by atoms with E-state index in [1.807, 2.05) is 30.0 Å². The Kier molecular flexibility index (Phi) is 4.92. The summed E-state index contributed by atoms with van der Waals surface area (Å²) in [6.45, 7) is 5.12. The summed E-state index contributed by atoms with van der Waals surface area (Å²) in [5.74, 6) is 0.937. The number of likely N-dealkylation sites (tertiary alicyclic amines) is 1. The lowest BCUT2D eigenvalue weighted by atomic mass is 10.0. The molecule has 0 spiro atoms. The molecule has 0 bridgehead atoms. The van der Waals surface area contributed by atoms with Gasteiger partial charge in [-0.2, -0.15) is 0 Å². The van der Waals surface area contributed by atoms with E-state index in [0.717, 1.165) is 48.2 Å². The quantitative estimate of drug-likeness (QED) is 0.894. The lowest BCUT2D eigenvalue weighted by Gasteiger charge is -2.32. The molecule has 128 valence electrons. The Bertz CT molecular complexity index is 754. The summed E-state index contributed by atoms with van der Waals surface area (Å²) in [7, 11) is 0. The van der Waals surface area contributed by atoms with Crippen LogP contribution in [0, 0.1) is 0 Å². The third-order valence-electron chi connectivity index (χ3n) is 4.60. The molecule has 3 N–H and O–H groups in total. The monoisotopic (exact) mass is 346 g/mol. The highest BCUT2D eigenvalue weighted by Gasteiger charge is 2.22. The van der Waals surface area contributed by atoms with Crippen LogP contribution in [0.15, 0.2) is 24.3 Å². The molecule has 0 aliphatic carbocycles. The molecule has 0 saturated carbocycles. The number of carbonyl (C=O) groups is 1. The van der Waals surface area contributed by atoms with Crippen LogP contribution in [-0.2, 0) is 4.79 Å². The van der Waals surface area contributed by atoms with Gasteiger partial charge in [0, 0.05) is 43.0 Å². The third kappa shape index (κ3) is 3.47. The predicted octanol–water partition coefficient (Wildman–Crippen LogP) is 3.33. The molecule has 1 fully saturated rings. The number of aromatic nitrogens is 1. The molecule has 2 aromatic rings. The Morgan fingerprint density at radius 3 is 2.75 bits per heavy atom. The number of hydrogen-bond donors (Lipinski definition) is 2. The van der Waals surface area contributed by atoms with Crippen molar-refractivity contribution in [2.24, 2.45) is 5.73 Å². The summed E-state index contributed by atoms with van der Waals surface area (Å²) in [6, 6.07) is 7.98. The summed E-state index contributed by atoms with van der Waals surface area (Å²) in [5.41, 5.74) is 7.91. The number of para-hydroxylation sites is 1. The molecular weight excluding hydrogens is 324 g/mol. The van der Waals surface area contributed by atoms with Crippen molar-refractivity contribution >= 4 is 34.2 Å². The molecule has 3 rings (SSSR count). The molecule has 2 heterocycles. The Hall–Kier alpha value is -1.85. The number of carbonyl (C=O) groups excluding carboxylic acids is 1. The van der Waals surface area contributed by atoms with Crippen LogP contribution in [0.1, 0.15) is 38.3 Å². The zero-order chi connectivity index (χ0) is 17.3. The first-order valence-corrected chi connectivity index (χ1v) is 8.70. The molecule has 1 saturated heterocycles. The van der Waals surface area contributed by atoms with Gasteiger partial charge in [-0.15, -0.1) is 0 Å². The van der Waals surface area contributed by atoms with Gasteiger partial charge in [0.1, 0.15) is 5.82 Å². The number of piperidine rings is 1. The summed E-state index contributed by atoms with van der Waals surface area (Å²) in [4.78, 5) is 18.1. The van der Waals surface area contributed by atoms with Gasteiger partial charge in [0.25, 0.3) is 0 Å². The Morgan fingerprint density at radius 1 is 1.42 bits per heavy atom. The second-order valence-corrected chi connectivity index (χ2v) is 6.86. The van der Waals surface area contributed by atoms with Crippen LogP contribution in [0.2, 0.25) is 5.02 Å². The van der Waals surface area contributed by atoms with Crippen LogP contribution in [0.4, 0.5) is 5.82 Å². The number of hydrogen-bond acceptors (Lipinski definition) is 4. The zero-order valence-corrected chi connectivity index (χ0v) is 14.8. The molecule has 1 aliphatic rings. The maximum absolute atomic E-state index is 11.5. The van der Waals surface area contributed by atoms with Gasteiger partial charge in [-0.25, -0.2) is 4.98 Å². The minimum Gasteiger partial charge on any atom is -0.367 e. The average Bonchev–Trinajstić information content (AvgIpc) is 2.55. The number of nitrogens with zero attached hydrogens (tertiary/aromatic N) is 2. The van der Waals surface area contributed by atoms with Gasteiger partial charge in [-0.3, -0.25) is 4.79 Å². The van der Waals surface area contributed by atoms with Gasteiger partial charge in [-0.1, -0.05) is 23.7 Å². The van der Waals surface area contributed by atoms with E-state index >= 15 is 0 Å². The minimum atomic E-state index is -0.124. The van der Waals surface area contributed by atoms with Gasteiger partial charge in [0.15, 0.2) is 0 Å². The molecule has 0 radical (unpaired) electrons. The predicted molar refractivity (Wildman–Crippen MR) is 98.3 cm³/mol. The fourth-order valence-electron chi connectivity index (χ4n) is 3.17. The summed E-state index contributed by atoms with van der Waals surface area (Å²) in [5, 5.41) is 5.15. The number of anilines is 1. The van der Waals surface area contributed by atoms with E-state index in [0.29, 0.717) is 5.02 Å². The number of rotatable bonds is 3. The second-order valence-electron chi connectivity index (χ2n) is 6.45. The van der Waals surface area contributed by atoms with E-state index < -0.39 is 0 Å². The van der Waals surface area contributed by atoms with Crippen molar-refractivity contribution in [1.29, 1.82) is 0 Å². The molecule has 1 aromatic carbocycles. The van der Waals surface area contributed by atoms with Crippen molar-refractivity contribution in [3.05, 3.63) is 34.9 Å². The number of nitrogens with two attached hydrogens (primary N) is 1. The van der Waals surface area contributed by atoms with Crippen LogP contribution in [-0.4, -0.2) is 34.9 Å². The SMILES string of the molecule is CC(=O)N1CCC(Nc2nc3c(Cl)cccc3cc2[C@H](C)N)CC1. The molecular formula is C18H23ClN4O. The highest BCUT2D eigenvalue weighted by Crippen LogP contribution is 2.30. The fourth-order valence-corrected chi connectivity index (χ4v) is 3.40. The average molecular weight is 347 g/mol. The first kappa shape index (κ1) is 17.0. The smallest absolute Gasteiger partial charge is 0.219 e. The van der Waals surface area contributed by atoms with Crippen molar-refractivity contribution < 1.29 is 4.79 Å². The van der Waals surface area contributed by atoms with Gasteiger partial charge in [-0.05, 0) is 31.9 Å². The van der Waals surface area contributed by atoms with E-state index in [4.69, 9.17) is 22.3 Å². The zero-order valence-electron chi connectivity index (χ0n) is 14.1. The van der Waals surface area contributed by atoms with Gasteiger partial charge in [0.05, 0.1) is 10.5 Å². The van der Waals surface area contributed by atoms with E-state index in [9.17, 15) is 4.79 Å². The van der Waals surface area contributed by atoms with Crippen LogP contribution in [0.3, 0.4) is 0 Å². The topological polar surface area (TPSA) is 71.2 Å². The summed E-state index contributed by atoms with van der Waals surface area (Å²) < 4.78 is 0. The second kappa shape index (κ2) is 6.95. The Morgan fingerprint density at radius 2 is 2.12 bits per heavy atom. The molecule has 1 aromatic heterocycles. The number of benzene rings is 1. The van der Waals surface area contributed by atoms with Crippen LogP contribution in [0.5, 0.6) is 0 Å². The molecule has 1 amide bonds. The largest absolute Gasteiger partial charge is 0.367 e. The van der Waals surface area contributed by atoms with E-state index in [-0.39, 0.29) is 18.0 Å². The van der Waals surface area contributed by atoms with Gasteiger partial charge >= 0.3 is 0 Å². The van der Waals surface area contributed by atoms with E-state index in [1.54, 1.807) is 6.92 Å². The minimum absolute atomic E-state index is 0.124. The van der Waals surface area contributed by atoms with Crippen molar-refractivity contribution in [2.75, 3.05) is 18.4 Å². The van der Waals surface area contributed by atoms with Crippen LogP contribution < -0.4 is 11.1 Å². The maximum Gasteiger partial charge on any atom is 0.219 e. The normalized spacial score (nSPS) is 17.1. The van der Waals surface area contributed by atoms with Crippen LogP contribution in [0.25, 0.3) is 10.9 Å². The third-order valence-corrected chi connectivity index (χ3v) is 4.90. The molecule has 1 atom stereocenters. The number of halogens is 1. The number of amides is 1. The Balaban J connectivity index is 1.87. The maximum atomic E-state index is 11.5. The highest BCUT2D eigenvalue weighted by atomic mass is 35.5. The molecule has 6 heteroatoms. The number of nitrogens with one attached hydrogen (secondary N) is 1. The Labute approximate surface area is 147 Å². The van der Waals surface area contributed by atoms with E-state index in [2.05, 4.69) is 11.4 Å². The summed E-state index contributed by atoms with van der Waals surface area (Å²) in [6.07, 6.45) is 1.81. The van der Waals surface area contributed by atoms with Crippen LogP contribution >= 0.6 is 11.6 Å². The molecule has 1 aliphatic heterocycles.